The normalized spacial score (nSPS) is 13.2. The summed E-state index contributed by atoms with van der Waals surface area (Å²) in [7, 11) is 0. The van der Waals surface area contributed by atoms with E-state index in [1.54, 1.807) is 6.20 Å². The number of aromatic nitrogens is 1. The van der Waals surface area contributed by atoms with Crippen LogP contribution in [-0.4, -0.2) is 4.98 Å². The summed E-state index contributed by atoms with van der Waals surface area (Å²) in [5, 5.41) is 0. The van der Waals surface area contributed by atoms with Gasteiger partial charge < -0.3 is 5.73 Å². The highest BCUT2D eigenvalue weighted by atomic mass is 19.4. The third-order valence-electron chi connectivity index (χ3n) is 3.34. The van der Waals surface area contributed by atoms with Gasteiger partial charge in [-0.15, -0.1) is 0 Å². The van der Waals surface area contributed by atoms with Crippen molar-refractivity contribution in [3.63, 3.8) is 0 Å². The van der Waals surface area contributed by atoms with Crippen LogP contribution in [0.25, 0.3) is 0 Å². The predicted molar refractivity (Wildman–Crippen MR) is 75.8 cm³/mol. The molecule has 2 aromatic rings. The lowest BCUT2D eigenvalue weighted by atomic mass is 9.99. The molecule has 1 aromatic heterocycles. The number of benzene rings is 1. The van der Waals surface area contributed by atoms with Gasteiger partial charge in [0, 0.05) is 6.20 Å². The van der Waals surface area contributed by atoms with E-state index in [4.69, 9.17) is 5.73 Å². The Morgan fingerprint density at radius 3 is 2.29 bits per heavy atom. The minimum atomic E-state index is -4.31. The zero-order chi connectivity index (χ0) is 15.6. The zero-order valence-corrected chi connectivity index (χ0v) is 11.9. The van der Waals surface area contributed by atoms with Gasteiger partial charge in [-0.1, -0.05) is 18.2 Å². The Kier molecular flexibility index (Phi) is 4.32. The van der Waals surface area contributed by atoms with E-state index in [1.807, 2.05) is 19.9 Å². The van der Waals surface area contributed by atoms with Gasteiger partial charge in [0.2, 0.25) is 0 Å². The highest BCUT2D eigenvalue weighted by molar-refractivity contribution is 5.29. The molecular formula is C16H17F3N2. The van der Waals surface area contributed by atoms with Gasteiger partial charge >= 0.3 is 6.18 Å². The van der Waals surface area contributed by atoms with Gasteiger partial charge in [0.25, 0.3) is 0 Å². The van der Waals surface area contributed by atoms with Crippen molar-refractivity contribution >= 4 is 0 Å². The second kappa shape index (κ2) is 5.85. The summed E-state index contributed by atoms with van der Waals surface area (Å²) < 4.78 is 37.5. The van der Waals surface area contributed by atoms with Crippen LogP contribution in [-0.2, 0) is 12.6 Å². The molecule has 1 atom stereocenters. The van der Waals surface area contributed by atoms with Crippen LogP contribution in [0.4, 0.5) is 13.2 Å². The van der Waals surface area contributed by atoms with Crippen molar-refractivity contribution in [3.05, 3.63) is 64.5 Å². The third kappa shape index (κ3) is 3.82. The number of rotatable bonds is 3. The maximum atomic E-state index is 12.5. The van der Waals surface area contributed by atoms with E-state index in [1.165, 1.54) is 12.1 Å². The lowest BCUT2D eigenvalue weighted by Gasteiger charge is -2.15. The number of nitrogens with two attached hydrogens (primary N) is 1. The van der Waals surface area contributed by atoms with Crippen LogP contribution in [0.2, 0.25) is 0 Å². The van der Waals surface area contributed by atoms with E-state index < -0.39 is 11.7 Å². The Morgan fingerprint density at radius 2 is 1.76 bits per heavy atom. The van der Waals surface area contributed by atoms with Gasteiger partial charge in [-0.05, 0) is 49.1 Å². The minimum Gasteiger partial charge on any atom is -0.322 e. The first-order valence-electron chi connectivity index (χ1n) is 6.62. The first-order valence-corrected chi connectivity index (χ1v) is 6.62. The number of pyridine rings is 1. The van der Waals surface area contributed by atoms with Crippen molar-refractivity contribution in [2.24, 2.45) is 5.73 Å². The van der Waals surface area contributed by atoms with Crippen LogP contribution >= 0.6 is 0 Å². The SMILES string of the molecule is Cc1cnc(C(N)Cc2ccc(C(F)(F)F)cc2)c(C)c1. The molecule has 0 amide bonds. The summed E-state index contributed by atoms with van der Waals surface area (Å²) in [6.45, 7) is 3.88. The fourth-order valence-corrected chi connectivity index (χ4v) is 2.29. The van der Waals surface area contributed by atoms with E-state index in [0.717, 1.165) is 34.5 Å². The molecule has 2 rings (SSSR count). The van der Waals surface area contributed by atoms with Crippen LogP contribution in [0.5, 0.6) is 0 Å². The molecule has 0 aliphatic rings. The van der Waals surface area contributed by atoms with Crippen molar-refractivity contribution in [2.45, 2.75) is 32.5 Å². The summed E-state index contributed by atoms with van der Waals surface area (Å²) >= 11 is 0. The number of halogens is 3. The van der Waals surface area contributed by atoms with Crippen molar-refractivity contribution in [2.75, 3.05) is 0 Å². The highest BCUT2D eigenvalue weighted by Crippen LogP contribution is 2.29. The second-order valence-corrected chi connectivity index (χ2v) is 5.22. The lowest BCUT2D eigenvalue weighted by Crippen LogP contribution is -2.16. The quantitative estimate of drug-likeness (QED) is 0.930. The molecule has 0 aliphatic carbocycles. The molecule has 0 bridgehead atoms. The Morgan fingerprint density at radius 1 is 1.14 bits per heavy atom. The van der Waals surface area contributed by atoms with E-state index in [9.17, 15) is 13.2 Å². The van der Waals surface area contributed by atoms with E-state index in [-0.39, 0.29) is 6.04 Å². The second-order valence-electron chi connectivity index (χ2n) is 5.22. The Hall–Kier alpha value is -1.88. The van der Waals surface area contributed by atoms with Crippen molar-refractivity contribution in [1.82, 2.24) is 4.98 Å². The molecule has 1 unspecified atom stereocenters. The number of nitrogens with zero attached hydrogens (tertiary/aromatic N) is 1. The summed E-state index contributed by atoms with van der Waals surface area (Å²) in [6, 6.07) is 6.75. The van der Waals surface area contributed by atoms with Gasteiger partial charge in [0.05, 0.1) is 17.3 Å². The number of hydrogen-bond donors (Lipinski definition) is 1. The van der Waals surface area contributed by atoms with Crippen molar-refractivity contribution in [3.8, 4) is 0 Å². The van der Waals surface area contributed by atoms with E-state index in [0.29, 0.717) is 6.42 Å². The summed E-state index contributed by atoms with van der Waals surface area (Å²) in [4.78, 5) is 4.33. The molecule has 2 nitrogen and oxygen atoms in total. The fraction of sp³-hybridized carbons (Fsp3) is 0.312. The standard InChI is InChI=1S/C16H17F3N2/c1-10-7-11(2)15(21-9-10)14(20)8-12-3-5-13(6-4-12)16(17,18)19/h3-7,9,14H,8,20H2,1-2H3. The molecule has 0 saturated carbocycles. The molecule has 112 valence electrons. The smallest absolute Gasteiger partial charge is 0.322 e. The Bertz CT molecular complexity index is 618. The molecule has 5 heteroatoms. The van der Waals surface area contributed by atoms with Crippen LogP contribution < -0.4 is 5.73 Å². The molecule has 1 aromatic carbocycles. The van der Waals surface area contributed by atoms with Crippen molar-refractivity contribution in [1.29, 1.82) is 0 Å². The summed E-state index contributed by atoms with van der Waals surface area (Å²) in [5.74, 6) is 0. The summed E-state index contributed by atoms with van der Waals surface area (Å²) in [6.07, 6.45) is -2.11. The highest BCUT2D eigenvalue weighted by Gasteiger charge is 2.30. The van der Waals surface area contributed by atoms with Gasteiger partial charge in [0.15, 0.2) is 0 Å². The predicted octanol–water partition coefficient (Wildman–Crippen LogP) is 3.96. The molecular weight excluding hydrogens is 277 g/mol. The first-order chi connectivity index (χ1) is 9.77. The number of alkyl halides is 3. The molecule has 2 N–H and O–H groups in total. The van der Waals surface area contributed by atoms with Crippen molar-refractivity contribution < 1.29 is 13.2 Å². The van der Waals surface area contributed by atoms with Gasteiger partial charge in [-0.25, -0.2) is 0 Å². The van der Waals surface area contributed by atoms with Gasteiger partial charge in [0.1, 0.15) is 0 Å². The molecule has 1 heterocycles. The molecule has 21 heavy (non-hydrogen) atoms. The fourth-order valence-electron chi connectivity index (χ4n) is 2.29. The zero-order valence-electron chi connectivity index (χ0n) is 11.9. The first kappa shape index (κ1) is 15.5. The number of hydrogen-bond acceptors (Lipinski definition) is 2. The van der Waals surface area contributed by atoms with Crippen LogP contribution in [0.1, 0.15) is 34.0 Å². The Labute approximate surface area is 121 Å². The lowest BCUT2D eigenvalue weighted by molar-refractivity contribution is -0.137. The van der Waals surface area contributed by atoms with Crippen LogP contribution in [0, 0.1) is 13.8 Å². The third-order valence-corrected chi connectivity index (χ3v) is 3.34. The topological polar surface area (TPSA) is 38.9 Å². The minimum absolute atomic E-state index is 0.331. The maximum Gasteiger partial charge on any atom is 0.416 e. The molecule has 0 aliphatic heterocycles. The molecule has 0 fully saturated rings. The van der Waals surface area contributed by atoms with E-state index in [2.05, 4.69) is 4.98 Å². The molecule has 0 radical (unpaired) electrons. The number of aryl methyl sites for hydroxylation is 2. The molecule has 0 spiro atoms. The molecule has 0 saturated heterocycles. The van der Waals surface area contributed by atoms with Crippen LogP contribution in [0.15, 0.2) is 36.5 Å². The largest absolute Gasteiger partial charge is 0.416 e. The Balaban J connectivity index is 2.14. The van der Waals surface area contributed by atoms with Crippen LogP contribution in [0.3, 0.4) is 0 Å². The van der Waals surface area contributed by atoms with Gasteiger partial charge in [-0.3, -0.25) is 4.98 Å². The summed E-state index contributed by atoms with van der Waals surface area (Å²) in [5.41, 5.74) is 9.06. The van der Waals surface area contributed by atoms with E-state index >= 15 is 0 Å². The average molecular weight is 294 g/mol. The maximum absolute atomic E-state index is 12.5. The van der Waals surface area contributed by atoms with Gasteiger partial charge in [-0.2, -0.15) is 13.2 Å². The monoisotopic (exact) mass is 294 g/mol. The average Bonchev–Trinajstić information content (AvgIpc) is 2.38.